The number of anilines is 2. The molecule has 2 aromatic rings. The number of piperidine rings is 1. The third kappa shape index (κ3) is 2.82. The van der Waals surface area contributed by atoms with E-state index < -0.39 is 0 Å². The molecule has 2 aliphatic rings. The Morgan fingerprint density at radius 3 is 2.76 bits per heavy atom. The zero-order valence-corrected chi connectivity index (χ0v) is 14.6. The largest absolute Gasteiger partial charge is 0.369 e. The highest BCUT2D eigenvalue weighted by atomic mass is 19.1. The molecule has 1 saturated heterocycles. The number of hydrogen-bond acceptors (Lipinski definition) is 6. The van der Waals surface area contributed by atoms with E-state index in [-0.39, 0.29) is 11.4 Å². The molecule has 1 fully saturated rings. The van der Waals surface area contributed by atoms with Crippen LogP contribution in [0.15, 0.2) is 24.7 Å². The summed E-state index contributed by atoms with van der Waals surface area (Å²) in [6.45, 7) is 2.13. The Kier molecular flexibility index (Phi) is 4.03. The summed E-state index contributed by atoms with van der Waals surface area (Å²) in [5.74, 6) is 0.423. The van der Waals surface area contributed by atoms with Gasteiger partial charge in [0.2, 0.25) is 5.95 Å². The summed E-state index contributed by atoms with van der Waals surface area (Å²) in [6.07, 6.45) is 7.23. The van der Waals surface area contributed by atoms with Crippen LogP contribution in [0.3, 0.4) is 0 Å². The molecule has 132 valence electrons. The average Bonchev–Trinajstić information content (AvgIpc) is 2.63. The summed E-state index contributed by atoms with van der Waals surface area (Å²) in [4.78, 5) is 17.0. The van der Waals surface area contributed by atoms with Gasteiger partial charge in [-0.25, -0.2) is 14.4 Å². The molecule has 25 heavy (non-hydrogen) atoms. The molecule has 6 nitrogen and oxygen atoms in total. The normalized spacial score (nSPS) is 18.9. The van der Waals surface area contributed by atoms with Gasteiger partial charge in [-0.05, 0) is 30.9 Å². The van der Waals surface area contributed by atoms with Gasteiger partial charge in [0.1, 0.15) is 5.60 Å². The van der Waals surface area contributed by atoms with Gasteiger partial charge < -0.3 is 14.5 Å². The van der Waals surface area contributed by atoms with Crippen molar-refractivity contribution in [2.45, 2.75) is 24.9 Å². The summed E-state index contributed by atoms with van der Waals surface area (Å²) in [7, 11) is 3.87. The van der Waals surface area contributed by atoms with Gasteiger partial charge >= 0.3 is 0 Å². The maximum absolute atomic E-state index is 14.0. The minimum Gasteiger partial charge on any atom is -0.369 e. The number of fused-ring (bicyclic) bond motifs is 2. The van der Waals surface area contributed by atoms with E-state index in [1.165, 1.54) is 11.8 Å². The average molecular weight is 343 g/mol. The maximum atomic E-state index is 14.0. The molecule has 2 aromatic heterocycles. The molecule has 0 saturated carbocycles. The Hall–Kier alpha value is -2.28. The highest BCUT2D eigenvalue weighted by Gasteiger charge is 2.43. The standard InChI is InChI=1S/C18H22FN5O/c1-23(2)17-21-11-13-4-10-25-18(16(13)22-17)5-8-24(9-6-18)15-3-7-20-12-14(15)19/h3,7,11-12H,4-6,8-10H2,1-2H3. The van der Waals surface area contributed by atoms with Crippen LogP contribution in [0.4, 0.5) is 16.0 Å². The number of nitrogens with zero attached hydrogens (tertiary/aromatic N) is 5. The highest BCUT2D eigenvalue weighted by molar-refractivity contribution is 5.47. The first-order chi connectivity index (χ1) is 12.1. The Bertz CT molecular complexity index is 774. The minimum absolute atomic E-state index is 0.277. The highest BCUT2D eigenvalue weighted by Crippen LogP contribution is 2.41. The smallest absolute Gasteiger partial charge is 0.225 e. The molecular formula is C18H22FN5O. The second-order valence-electron chi connectivity index (χ2n) is 6.85. The Balaban J connectivity index is 1.61. The number of halogens is 1. The molecule has 0 radical (unpaired) electrons. The van der Waals surface area contributed by atoms with E-state index in [4.69, 9.17) is 9.72 Å². The molecule has 0 unspecified atom stereocenters. The van der Waals surface area contributed by atoms with E-state index in [1.807, 2.05) is 25.2 Å². The van der Waals surface area contributed by atoms with E-state index >= 15 is 0 Å². The van der Waals surface area contributed by atoms with E-state index in [2.05, 4.69) is 14.9 Å². The zero-order chi connectivity index (χ0) is 17.4. The quantitative estimate of drug-likeness (QED) is 0.833. The summed E-state index contributed by atoms with van der Waals surface area (Å²) < 4.78 is 20.3. The second kappa shape index (κ2) is 6.22. The summed E-state index contributed by atoms with van der Waals surface area (Å²) >= 11 is 0. The first kappa shape index (κ1) is 16.2. The van der Waals surface area contributed by atoms with E-state index in [9.17, 15) is 4.39 Å². The molecule has 1 spiro atoms. The van der Waals surface area contributed by atoms with Crippen molar-refractivity contribution in [3.63, 3.8) is 0 Å². The van der Waals surface area contributed by atoms with Gasteiger partial charge in [-0.1, -0.05) is 0 Å². The van der Waals surface area contributed by atoms with Crippen LogP contribution in [0.5, 0.6) is 0 Å². The minimum atomic E-state index is -0.388. The third-order valence-electron chi connectivity index (χ3n) is 5.10. The van der Waals surface area contributed by atoms with Gasteiger partial charge in [-0.2, -0.15) is 0 Å². The van der Waals surface area contributed by atoms with Gasteiger partial charge in [-0.3, -0.25) is 4.98 Å². The lowest BCUT2D eigenvalue weighted by Crippen LogP contribution is -2.47. The van der Waals surface area contributed by atoms with Crippen LogP contribution in [-0.2, 0) is 16.8 Å². The van der Waals surface area contributed by atoms with Crippen molar-refractivity contribution in [3.05, 3.63) is 41.7 Å². The topological polar surface area (TPSA) is 54.4 Å². The Morgan fingerprint density at radius 2 is 2.04 bits per heavy atom. The second-order valence-corrected chi connectivity index (χ2v) is 6.85. The fourth-order valence-corrected chi connectivity index (χ4v) is 3.73. The number of ether oxygens (including phenoxy) is 1. The molecule has 0 aliphatic carbocycles. The lowest BCUT2D eigenvalue weighted by atomic mass is 9.83. The molecule has 0 bridgehead atoms. The van der Waals surface area contributed by atoms with E-state index in [0.29, 0.717) is 18.2 Å². The van der Waals surface area contributed by atoms with Crippen molar-refractivity contribution in [2.24, 2.45) is 0 Å². The van der Waals surface area contributed by atoms with Crippen LogP contribution < -0.4 is 9.80 Å². The van der Waals surface area contributed by atoms with Gasteiger partial charge in [0, 0.05) is 39.6 Å². The lowest BCUT2D eigenvalue weighted by Gasteiger charge is -2.44. The molecule has 0 atom stereocenters. The molecule has 2 aliphatic heterocycles. The van der Waals surface area contributed by atoms with Gasteiger partial charge in [0.15, 0.2) is 5.82 Å². The monoisotopic (exact) mass is 343 g/mol. The fourth-order valence-electron chi connectivity index (χ4n) is 3.73. The summed E-state index contributed by atoms with van der Waals surface area (Å²) in [5.41, 5.74) is 2.40. The molecule has 7 heteroatoms. The van der Waals surface area contributed by atoms with Crippen LogP contribution in [0.2, 0.25) is 0 Å². The van der Waals surface area contributed by atoms with Crippen LogP contribution >= 0.6 is 0 Å². The lowest BCUT2D eigenvalue weighted by molar-refractivity contribution is -0.0801. The SMILES string of the molecule is CN(C)c1ncc2c(n1)C1(CCN(c3ccncc3F)CC1)OCC2. The first-order valence-electron chi connectivity index (χ1n) is 8.61. The van der Waals surface area contributed by atoms with Crippen LogP contribution in [0, 0.1) is 5.82 Å². The van der Waals surface area contributed by atoms with Crippen molar-refractivity contribution in [3.8, 4) is 0 Å². The van der Waals surface area contributed by atoms with Gasteiger partial charge in [-0.15, -0.1) is 0 Å². The predicted octanol–water partition coefficient (Wildman–Crippen LogP) is 2.15. The fraction of sp³-hybridized carbons (Fsp3) is 0.500. The van der Waals surface area contributed by atoms with Gasteiger partial charge in [0.25, 0.3) is 0 Å². The Labute approximate surface area is 146 Å². The number of rotatable bonds is 2. The van der Waals surface area contributed by atoms with Crippen LogP contribution in [0.25, 0.3) is 0 Å². The molecule has 0 N–H and O–H groups in total. The summed E-state index contributed by atoms with van der Waals surface area (Å²) in [6, 6.07) is 1.73. The number of hydrogen-bond donors (Lipinski definition) is 0. The van der Waals surface area contributed by atoms with E-state index in [0.717, 1.165) is 38.0 Å². The van der Waals surface area contributed by atoms with Crippen molar-refractivity contribution in [1.82, 2.24) is 15.0 Å². The predicted molar refractivity (Wildman–Crippen MR) is 93.3 cm³/mol. The van der Waals surface area contributed by atoms with Crippen LogP contribution in [-0.4, -0.2) is 48.7 Å². The third-order valence-corrected chi connectivity index (χ3v) is 5.10. The molecule has 0 amide bonds. The van der Waals surface area contributed by atoms with Crippen molar-refractivity contribution in [2.75, 3.05) is 43.6 Å². The van der Waals surface area contributed by atoms with E-state index in [1.54, 1.807) is 12.3 Å². The zero-order valence-electron chi connectivity index (χ0n) is 14.6. The Morgan fingerprint density at radius 1 is 1.24 bits per heavy atom. The number of aromatic nitrogens is 3. The van der Waals surface area contributed by atoms with Crippen molar-refractivity contribution < 1.29 is 9.13 Å². The first-order valence-corrected chi connectivity index (χ1v) is 8.61. The van der Waals surface area contributed by atoms with Gasteiger partial charge in [0.05, 0.1) is 24.2 Å². The maximum Gasteiger partial charge on any atom is 0.225 e. The molecular weight excluding hydrogens is 321 g/mol. The van der Waals surface area contributed by atoms with Crippen LogP contribution in [0.1, 0.15) is 24.1 Å². The summed E-state index contributed by atoms with van der Waals surface area (Å²) in [5, 5.41) is 0. The molecule has 4 rings (SSSR count). The molecule has 0 aromatic carbocycles. The number of pyridine rings is 1. The van der Waals surface area contributed by atoms with Crippen molar-refractivity contribution >= 4 is 11.6 Å². The molecule has 4 heterocycles. The van der Waals surface area contributed by atoms with Crippen molar-refractivity contribution in [1.29, 1.82) is 0 Å².